The van der Waals surface area contributed by atoms with Gasteiger partial charge in [-0.15, -0.1) is 0 Å². The molecule has 0 heterocycles. The summed E-state index contributed by atoms with van der Waals surface area (Å²) in [6.07, 6.45) is 37.8. The lowest BCUT2D eigenvalue weighted by Crippen LogP contribution is -2.10. The Bertz CT molecular complexity index is 2390. The van der Waals surface area contributed by atoms with Crippen LogP contribution in [0.15, 0.2) is 283 Å². The van der Waals surface area contributed by atoms with E-state index in [0.717, 1.165) is 71.2 Å². The summed E-state index contributed by atoms with van der Waals surface area (Å²) in [6.45, 7) is 2.09. The zero-order valence-corrected chi connectivity index (χ0v) is 55.1. The van der Waals surface area contributed by atoms with Gasteiger partial charge in [0.1, 0.15) is 6.29 Å². The fraction of sp³-hybridized carbons (Fsp3) is 0.276. The van der Waals surface area contributed by atoms with Gasteiger partial charge in [0.2, 0.25) is 0 Å². The number of aldehydes is 1. The maximum absolute atomic E-state index is 10.0. The lowest BCUT2D eigenvalue weighted by Gasteiger charge is -2.06. The van der Waals surface area contributed by atoms with Crippen LogP contribution in [0.4, 0.5) is 0 Å². The minimum absolute atomic E-state index is 0. The molecule has 0 amide bonds. The second kappa shape index (κ2) is 75.3. The van der Waals surface area contributed by atoms with E-state index in [1.807, 2.05) is 252 Å². The normalized spacial score (nSPS) is 11.7. The second-order valence-corrected chi connectivity index (χ2v) is 17.2. The molecule has 9 rings (SSSR count). The van der Waals surface area contributed by atoms with Gasteiger partial charge in [0.05, 0.1) is 0 Å². The zero-order chi connectivity index (χ0) is 66.0. The lowest BCUT2D eigenvalue weighted by molar-refractivity contribution is -0.104. The first-order valence-electron chi connectivity index (χ1n) is 29.3. The predicted molar refractivity (Wildman–Crippen MR) is 400 cm³/mol. The summed E-state index contributed by atoms with van der Waals surface area (Å²) in [5.74, 6) is 0. The number of carbonyl (C=O) groups excluding carboxylic acids is 1. The van der Waals surface area contributed by atoms with E-state index >= 15 is 0 Å². The van der Waals surface area contributed by atoms with Gasteiger partial charge in [-0.1, -0.05) is 255 Å². The highest BCUT2D eigenvalue weighted by Gasteiger charge is 1.97. The number of allylic oxidation sites excluding steroid dienone is 10. The molecule has 0 unspecified atom stereocenters. The Morgan fingerprint density at radius 3 is 0.742 bits per heavy atom. The SMILES string of the molecule is C.CN.CN.CN.CN.CN=Cc1ccccc1.CN=Cc1ccccc1.CN=Cc1ccccc1.CN=Cc1ccccc1.CN=Cc1ccccc1.CN=Cc1ccccc1.CNCC1=CC=CCC1.CNCC1=CC=CCC1.O=CC1=CCCC=C1. The van der Waals surface area contributed by atoms with Crippen molar-refractivity contribution in [1.82, 2.24) is 10.6 Å². The summed E-state index contributed by atoms with van der Waals surface area (Å²) in [4.78, 5) is 33.3. The van der Waals surface area contributed by atoms with E-state index in [-0.39, 0.29) is 7.43 Å². The second-order valence-electron chi connectivity index (χ2n) is 17.2. The van der Waals surface area contributed by atoms with Crippen molar-refractivity contribution in [2.75, 3.05) is 97.7 Å². The van der Waals surface area contributed by atoms with Crippen LogP contribution in [0.25, 0.3) is 0 Å². The Kier molecular flexibility index (Phi) is 75.3. The molecular formula is C76H112N12O. The van der Waals surface area contributed by atoms with E-state index in [1.54, 1.807) is 42.3 Å². The fourth-order valence-electron chi connectivity index (χ4n) is 6.90. The van der Waals surface area contributed by atoms with Gasteiger partial charge < -0.3 is 33.6 Å². The molecule has 6 aromatic rings. The van der Waals surface area contributed by atoms with E-state index in [1.165, 1.54) is 65.0 Å². The molecule has 0 saturated carbocycles. The Balaban J connectivity index is -0.000000293. The molecule has 6 aromatic carbocycles. The minimum Gasteiger partial charge on any atom is -0.333 e. The molecule has 0 aliphatic heterocycles. The largest absolute Gasteiger partial charge is 0.333 e. The third kappa shape index (κ3) is 59.3. The Hall–Kier alpha value is -8.79. The van der Waals surface area contributed by atoms with Crippen molar-refractivity contribution in [2.45, 2.75) is 46.0 Å². The van der Waals surface area contributed by atoms with Crippen molar-refractivity contribution in [1.29, 1.82) is 0 Å². The summed E-state index contributed by atoms with van der Waals surface area (Å²) in [7, 11) is 20.6. The predicted octanol–water partition coefficient (Wildman–Crippen LogP) is 13.8. The van der Waals surface area contributed by atoms with Crippen LogP contribution in [0.1, 0.15) is 79.3 Å². The molecule has 89 heavy (non-hydrogen) atoms. The van der Waals surface area contributed by atoms with E-state index in [4.69, 9.17) is 0 Å². The summed E-state index contributed by atoms with van der Waals surface area (Å²) in [5.41, 5.74) is 28.8. The highest BCUT2D eigenvalue weighted by atomic mass is 16.1. The van der Waals surface area contributed by atoms with Gasteiger partial charge >= 0.3 is 0 Å². The van der Waals surface area contributed by atoms with Crippen LogP contribution in [0.2, 0.25) is 0 Å². The number of nitrogens with two attached hydrogens (primary N) is 4. The smallest absolute Gasteiger partial charge is 0.149 e. The first kappa shape index (κ1) is 89.0. The molecule has 0 aromatic heterocycles. The van der Waals surface area contributed by atoms with Gasteiger partial charge in [0.15, 0.2) is 0 Å². The highest BCUT2D eigenvalue weighted by molar-refractivity contribution is 5.81. The van der Waals surface area contributed by atoms with Crippen LogP contribution < -0.4 is 33.6 Å². The molecule has 0 saturated heterocycles. The molecule has 0 radical (unpaired) electrons. The van der Waals surface area contributed by atoms with Gasteiger partial charge in [-0.2, -0.15) is 0 Å². The first-order valence-corrected chi connectivity index (χ1v) is 29.3. The van der Waals surface area contributed by atoms with Crippen LogP contribution in [-0.2, 0) is 4.79 Å². The van der Waals surface area contributed by atoms with Crippen molar-refractivity contribution in [2.24, 2.45) is 52.9 Å². The molecule has 0 spiro atoms. The van der Waals surface area contributed by atoms with E-state index < -0.39 is 0 Å². The number of benzene rings is 6. The standard InChI is InChI=1S/2C8H13N.6C8H9N.C7H8O.4CH5N.CH4/c8*1-9-7-8-5-3-2-4-6-8;8-6-7-4-2-1-3-5-7;4*1-2;/h2*2-3,5,9H,4,6-7H2,1H3;6*2-7H,1H3;2,4-6H,1,3H2;4*2H2,1H3;1H4. The molecule has 3 aliphatic rings. The van der Waals surface area contributed by atoms with Crippen LogP contribution in [-0.4, -0.2) is 141 Å². The molecular weight excluding hydrogens is 1100 g/mol. The van der Waals surface area contributed by atoms with Gasteiger partial charge in [-0.3, -0.25) is 34.7 Å². The quantitative estimate of drug-likeness (QED) is 0.0544. The fourth-order valence-corrected chi connectivity index (χ4v) is 6.90. The Labute approximate surface area is 539 Å². The average molecular weight is 1210 g/mol. The van der Waals surface area contributed by atoms with Gasteiger partial charge in [-0.05, 0) is 114 Å². The number of nitrogens with zero attached hydrogens (tertiary/aromatic N) is 6. The van der Waals surface area contributed by atoms with Crippen LogP contribution in [0, 0.1) is 0 Å². The summed E-state index contributed by atoms with van der Waals surface area (Å²) >= 11 is 0. The van der Waals surface area contributed by atoms with E-state index in [2.05, 4.69) is 100.0 Å². The number of aliphatic imine (C=N–C) groups is 6. The monoisotopic (exact) mass is 1210 g/mol. The molecule has 13 heteroatoms. The Morgan fingerprint density at radius 2 is 0.596 bits per heavy atom. The molecule has 0 bridgehead atoms. The highest BCUT2D eigenvalue weighted by Crippen LogP contribution is 2.11. The summed E-state index contributed by atoms with van der Waals surface area (Å²) in [5, 5.41) is 6.27. The molecule has 13 nitrogen and oxygen atoms in total. The zero-order valence-electron chi connectivity index (χ0n) is 55.1. The molecule has 10 N–H and O–H groups in total. The third-order valence-electron chi connectivity index (χ3n) is 10.6. The van der Waals surface area contributed by atoms with Crippen molar-refractivity contribution in [3.8, 4) is 0 Å². The van der Waals surface area contributed by atoms with Crippen LogP contribution >= 0.6 is 0 Å². The summed E-state index contributed by atoms with van der Waals surface area (Å²) < 4.78 is 0. The summed E-state index contributed by atoms with van der Waals surface area (Å²) in [6, 6.07) is 60.2. The number of nitrogens with one attached hydrogen (secondary N) is 2. The van der Waals surface area contributed by atoms with Crippen LogP contribution in [0.3, 0.4) is 0 Å². The van der Waals surface area contributed by atoms with Crippen molar-refractivity contribution >= 4 is 43.6 Å². The lowest BCUT2D eigenvalue weighted by atomic mass is 10.1. The third-order valence-corrected chi connectivity index (χ3v) is 10.6. The number of hydrogen-bond donors (Lipinski definition) is 6. The van der Waals surface area contributed by atoms with E-state index in [0.29, 0.717) is 0 Å². The molecule has 3 aliphatic carbocycles. The van der Waals surface area contributed by atoms with Crippen molar-refractivity contribution in [3.63, 3.8) is 0 Å². The molecule has 0 fully saturated rings. The first-order chi connectivity index (χ1) is 43.4. The van der Waals surface area contributed by atoms with Gasteiger partial charge in [0.25, 0.3) is 0 Å². The van der Waals surface area contributed by atoms with Gasteiger partial charge in [-0.25, -0.2) is 0 Å². The topological polar surface area (TPSA) is 219 Å². The van der Waals surface area contributed by atoms with Gasteiger partial charge in [0, 0.05) is 98.2 Å². The van der Waals surface area contributed by atoms with E-state index in [9.17, 15) is 4.79 Å². The number of rotatable bonds is 11. The molecule has 482 valence electrons. The average Bonchev–Trinajstić information content (AvgIpc) is 3.61. The number of likely N-dealkylation sites (N-methyl/N-ethyl adjacent to an activating group) is 2. The number of hydrogen-bond acceptors (Lipinski definition) is 13. The Morgan fingerprint density at radius 1 is 0.360 bits per heavy atom. The van der Waals surface area contributed by atoms with Crippen LogP contribution in [0.5, 0.6) is 0 Å². The maximum Gasteiger partial charge on any atom is 0.149 e. The maximum atomic E-state index is 10.0. The number of carbonyl (C=O) groups is 1. The van der Waals surface area contributed by atoms with Crippen molar-refractivity contribution < 1.29 is 4.79 Å². The molecule has 0 atom stereocenters. The van der Waals surface area contributed by atoms with Crippen molar-refractivity contribution in [3.05, 3.63) is 287 Å². The minimum atomic E-state index is 0.